The van der Waals surface area contributed by atoms with Crippen molar-refractivity contribution in [2.45, 2.75) is 127 Å². The van der Waals surface area contributed by atoms with E-state index in [1.165, 1.54) is 24.0 Å². The number of nitrogens with zero attached hydrogens (tertiary/aromatic N) is 3. The average molecular weight is 973 g/mol. The smallest absolute Gasteiger partial charge is 0.272 e. The van der Waals surface area contributed by atoms with Gasteiger partial charge in [-0.25, -0.2) is 0 Å². The van der Waals surface area contributed by atoms with Gasteiger partial charge < -0.3 is 42.0 Å². The number of amides is 7. The topological polar surface area (TPSA) is 263 Å². The van der Waals surface area contributed by atoms with Crippen LogP contribution in [0.4, 0.5) is 0 Å². The maximum atomic E-state index is 14.9. The molecule has 20 heteroatoms. The highest BCUT2D eigenvalue weighted by atomic mass is 35.5. The number of carbonyl (C=O) groups is 7. The Morgan fingerprint density at radius 1 is 0.812 bits per heavy atom. The number of benzene rings is 2. The molecular formula is C49H62ClN9O10. The van der Waals surface area contributed by atoms with Gasteiger partial charge in [0.05, 0.1) is 6.04 Å². The lowest BCUT2D eigenvalue weighted by atomic mass is 9.90. The van der Waals surface area contributed by atoms with Crippen LogP contribution in [0, 0.1) is 27.9 Å². The molecule has 7 N–H and O–H groups in total. The molecule has 69 heavy (non-hydrogen) atoms. The normalized spacial score (nSPS) is 28.6. The molecule has 1 aliphatic carbocycles. The van der Waals surface area contributed by atoms with E-state index in [4.69, 9.17) is 11.6 Å². The molecule has 0 unspecified atom stereocenters. The fourth-order valence-corrected chi connectivity index (χ4v) is 9.41. The molecule has 1 saturated carbocycles. The molecule has 7 amide bonds. The van der Waals surface area contributed by atoms with Gasteiger partial charge in [0.15, 0.2) is 0 Å². The van der Waals surface area contributed by atoms with Crippen molar-refractivity contribution in [3.05, 3.63) is 117 Å². The third-order valence-electron chi connectivity index (χ3n) is 13.8. The average Bonchev–Trinajstić information content (AvgIpc) is 3.87. The number of rotatable bonds is 12. The number of nitro groups is 1. The molecule has 19 nitrogen and oxygen atoms in total. The lowest BCUT2D eigenvalue weighted by Gasteiger charge is -2.34. The first-order valence-electron chi connectivity index (χ1n) is 23.4. The van der Waals surface area contributed by atoms with Crippen LogP contribution in [0.1, 0.15) is 101 Å². The third-order valence-corrected chi connectivity index (χ3v) is 14.1. The van der Waals surface area contributed by atoms with E-state index in [0.29, 0.717) is 22.3 Å². The van der Waals surface area contributed by atoms with Crippen LogP contribution in [0.15, 0.2) is 84.9 Å². The van der Waals surface area contributed by atoms with Crippen molar-refractivity contribution in [2.75, 3.05) is 6.54 Å². The van der Waals surface area contributed by atoms with Crippen molar-refractivity contribution in [2.24, 2.45) is 17.8 Å². The summed E-state index contributed by atoms with van der Waals surface area (Å²) < 4.78 is 0.408. The Morgan fingerprint density at radius 3 is 1.90 bits per heavy atom. The number of hydrogen-bond acceptors (Lipinski definition) is 10. The number of nitrogens with one attached hydrogen (secondary N) is 6. The van der Waals surface area contributed by atoms with Crippen molar-refractivity contribution in [1.82, 2.24) is 41.5 Å². The summed E-state index contributed by atoms with van der Waals surface area (Å²) in [6.45, 7) is 10.4. The predicted molar refractivity (Wildman–Crippen MR) is 254 cm³/mol. The van der Waals surface area contributed by atoms with Crippen LogP contribution < -0.4 is 31.9 Å². The van der Waals surface area contributed by atoms with Crippen molar-refractivity contribution < 1.29 is 43.7 Å². The zero-order valence-electron chi connectivity index (χ0n) is 39.5. The van der Waals surface area contributed by atoms with Gasteiger partial charge in [0, 0.05) is 35.6 Å². The Hall–Kier alpha value is -6.76. The molecule has 2 aliphatic heterocycles. The maximum absolute atomic E-state index is 14.9. The number of carbonyl (C=O) groups excluding carboxylic acids is 7. The van der Waals surface area contributed by atoms with Gasteiger partial charge in [0.1, 0.15) is 47.1 Å². The number of allylic oxidation sites excluding steroid dienone is 1. The molecule has 370 valence electrons. The Bertz CT molecular complexity index is 2420. The molecule has 2 saturated heterocycles. The monoisotopic (exact) mass is 971 g/mol. The molecule has 2 aromatic carbocycles. The zero-order valence-corrected chi connectivity index (χ0v) is 40.2. The Balaban J connectivity index is 1.48. The van der Waals surface area contributed by atoms with Crippen LogP contribution in [0.3, 0.4) is 0 Å². The highest BCUT2D eigenvalue weighted by Gasteiger charge is 2.51. The number of hydrogen-bond donors (Lipinski definition) is 7. The largest absolute Gasteiger partial charge is 0.427 e. The van der Waals surface area contributed by atoms with Crippen LogP contribution in [0.25, 0.3) is 0 Å². The summed E-state index contributed by atoms with van der Waals surface area (Å²) in [5.74, 6) is -8.48. The lowest BCUT2D eigenvalue weighted by molar-refractivity contribution is -0.498. The molecule has 1 aromatic heterocycles. The van der Waals surface area contributed by atoms with Gasteiger partial charge in [-0.05, 0) is 61.8 Å². The second-order valence-electron chi connectivity index (χ2n) is 18.5. The van der Waals surface area contributed by atoms with E-state index >= 15 is 0 Å². The summed E-state index contributed by atoms with van der Waals surface area (Å²) in [7, 11) is 0. The van der Waals surface area contributed by atoms with Gasteiger partial charge in [-0.3, -0.25) is 43.7 Å². The van der Waals surface area contributed by atoms with Crippen LogP contribution in [0.5, 0.6) is 0 Å². The molecule has 3 aromatic rings. The Labute approximate surface area is 405 Å². The number of halogens is 1. The van der Waals surface area contributed by atoms with Gasteiger partial charge >= 0.3 is 0 Å². The maximum Gasteiger partial charge on any atom is 0.272 e. The molecule has 0 radical (unpaired) electrons. The van der Waals surface area contributed by atoms with E-state index in [9.17, 15) is 48.9 Å². The fourth-order valence-electron chi connectivity index (χ4n) is 9.26. The molecular weight excluding hydrogens is 910 g/mol. The van der Waals surface area contributed by atoms with Crippen molar-refractivity contribution >= 4 is 53.0 Å². The van der Waals surface area contributed by atoms with Gasteiger partial charge in [0.25, 0.3) is 5.91 Å². The second kappa shape index (κ2) is 22.6. The number of fused-ring (bicyclic) bond motifs is 1. The van der Waals surface area contributed by atoms with Gasteiger partial charge in [-0.1, -0.05) is 119 Å². The van der Waals surface area contributed by atoms with Crippen LogP contribution in [-0.2, 0) is 28.8 Å². The van der Waals surface area contributed by atoms with E-state index in [0.717, 1.165) is 0 Å². The summed E-state index contributed by atoms with van der Waals surface area (Å²) >= 11 is 6.03. The number of aromatic nitrogens is 1. The Kier molecular flexibility index (Phi) is 16.9. The third kappa shape index (κ3) is 12.1. The SMILES string of the molecule is C/C=C\[C@H]1C[C@H]2C(=O)N[C@H](C)[C@@H](NC(=O)c3ccc(Cl)n3O)C(=O)N[C@@H]([C@H](C)c3ccccc3)C(=O)N[C@H](C[C@H]3C[C@@H]3[N+](=O)[O-])C(=O)N[C@@H]([C@H](C)c3ccccc3)C(=O)N[C@@H]([C@@H](C)CC)C(=O)N2C1. The predicted octanol–water partition coefficient (Wildman–Crippen LogP) is 3.44. The second-order valence-corrected chi connectivity index (χ2v) is 18.9. The molecule has 3 aliphatic rings. The zero-order chi connectivity index (χ0) is 50.3. The molecule has 3 heterocycles. The first kappa shape index (κ1) is 51.6. The molecule has 0 bridgehead atoms. The summed E-state index contributed by atoms with van der Waals surface area (Å²) in [6, 6.07) is 9.58. The van der Waals surface area contributed by atoms with Crippen molar-refractivity contribution in [3.8, 4) is 0 Å². The summed E-state index contributed by atoms with van der Waals surface area (Å²) in [6.07, 6.45) is 4.22. The van der Waals surface area contributed by atoms with E-state index < -0.39 is 118 Å². The summed E-state index contributed by atoms with van der Waals surface area (Å²) in [5, 5.41) is 38.9. The van der Waals surface area contributed by atoms with E-state index in [1.807, 2.05) is 26.0 Å². The minimum Gasteiger partial charge on any atom is -0.427 e. The van der Waals surface area contributed by atoms with Gasteiger partial charge in [0.2, 0.25) is 41.5 Å². The molecule has 13 atom stereocenters. The van der Waals surface area contributed by atoms with Gasteiger partial charge in [-0.2, -0.15) is 4.73 Å². The van der Waals surface area contributed by atoms with Gasteiger partial charge in [-0.15, -0.1) is 0 Å². The summed E-state index contributed by atoms with van der Waals surface area (Å²) in [4.78, 5) is 115. The minimum atomic E-state index is -1.65. The fraction of sp³-hybridized carbons (Fsp3) is 0.490. The van der Waals surface area contributed by atoms with E-state index in [2.05, 4.69) is 31.9 Å². The highest BCUT2D eigenvalue weighted by molar-refractivity contribution is 6.30. The highest BCUT2D eigenvalue weighted by Crippen LogP contribution is 2.37. The van der Waals surface area contributed by atoms with Crippen molar-refractivity contribution in [3.63, 3.8) is 0 Å². The molecule has 6 rings (SSSR count). The quantitative estimate of drug-likeness (QED) is 0.0602. The summed E-state index contributed by atoms with van der Waals surface area (Å²) in [5.41, 5.74) is 0.902. The lowest BCUT2D eigenvalue weighted by Crippen LogP contribution is -2.63. The van der Waals surface area contributed by atoms with Crippen LogP contribution in [-0.4, -0.2) is 116 Å². The first-order chi connectivity index (χ1) is 32.8. The van der Waals surface area contributed by atoms with Crippen molar-refractivity contribution in [1.29, 1.82) is 0 Å². The standard InChI is InChI=1S/C49H62ClN9O10/c1-7-15-30-22-37-45(62)51-29(6)42(56-44(61)35-20-21-38(50)58(35)67)48(65)55-40(27(4)31-16-11-9-12-17-31)46(63)52-34(23-33-24-36(33)59(68)69)43(60)54-41(28(5)32-18-13-10-14-19-32)47(64)53-39(26(3)8-2)49(66)57(37)25-30/h7,9-21,26-30,33-34,36-37,39-42,67H,8,22-25H2,1-6H3,(H,51,62)(H,52,63)(H,53,64)(H,54,60)(H,55,65)(H,56,61)/b15-7-/t26-,27+,28+,29+,30-,33-,34+,36-,37-,39-,40-,41-,42+/m0/s1. The Morgan fingerprint density at radius 2 is 1.38 bits per heavy atom. The van der Waals surface area contributed by atoms with E-state index in [1.54, 1.807) is 81.4 Å². The molecule has 3 fully saturated rings. The first-order valence-corrected chi connectivity index (χ1v) is 23.8. The van der Waals surface area contributed by atoms with Crippen LogP contribution in [0.2, 0.25) is 5.15 Å². The molecule has 0 spiro atoms. The minimum absolute atomic E-state index is 0.106. The van der Waals surface area contributed by atoms with Crippen LogP contribution >= 0.6 is 11.6 Å². The van der Waals surface area contributed by atoms with E-state index in [-0.39, 0.29) is 42.6 Å².